The molecule has 1 N–H and O–H groups in total. The van der Waals surface area contributed by atoms with E-state index in [1.54, 1.807) is 6.20 Å². The molecule has 0 bridgehead atoms. The second kappa shape index (κ2) is 4.12. The second-order valence-corrected chi connectivity index (χ2v) is 4.26. The normalized spacial score (nSPS) is 20.1. The third-order valence-electron chi connectivity index (χ3n) is 3.01. The molecule has 86 valence electrons. The highest BCUT2D eigenvalue weighted by atomic mass is 16.1. The van der Waals surface area contributed by atoms with Crippen molar-refractivity contribution in [2.75, 3.05) is 23.3 Å². The number of rotatable bonds is 1. The third kappa shape index (κ3) is 1.75. The van der Waals surface area contributed by atoms with Crippen molar-refractivity contribution in [2.45, 2.75) is 20.8 Å². The number of fused-ring (bicyclic) bond motifs is 1. The summed E-state index contributed by atoms with van der Waals surface area (Å²) in [5.41, 5.74) is 1.92. The van der Waals surface area contributed by atoms with Crippen LogP contribution >= 0.6 is 0 Å². The van der Waals surface area contributed by atoms with Crippen LogP contribution in [0, 0.1) is 12.8 Å². The van der Waals surface area contributed by atoms with Gasteiger partial charge in [-0.25, -0.2) is 4.98 Å². The van der Waals surface area contributed by atoms with Crippen LogP contribution in [0.5, 0.6) is 0 Å². The summed E-state index contributed by atoms with van der Waals surface area (Å²) in [4.78, 5) is 18.3. The lowest BCUT2D eigenvalue weighted by molar-refractivity contribution is -0.119. The number of aromatic nitrogens is 1. The summed E-state index contributed by atoms with van der Waals surface area (Å²) in [7, 11) is 0. The first-order valence-corrected chi connectivity index (χ1v) is 5.65. The quantitative estimate of drug-likeness (QED) is 0.783. The van der Waals surface area contributed by atoms with Gasteiger partial charge in [0.1, 0.15) is 0 Å². The van der Waals surface area contributed by atoms with Crippen LogP contribution < -0.4 is 10.2 Å². The third-order valence-corrected chi connectivity index (χ3v) is 3.01. The highest BCUT2D eigenvalue weighted by Gasteiger charge is 2.25. The van der Waals surface area contributed by atoms with Gasteiger partial charge < -0.3 is 10.2 Å². The molecule has 1 atom stereocenters. The molecule has 0 aromatic carbocycles. The summed E-state index contributed by atoms with van der Waals surface area (Å²) in [6.45, 7) is 7.61. The zero-order valence-corrected chi connectivity index (χ0v) is 9.95. The van der Waals surface area contributed by atoms with Crippen LogP contribution in [0.2, 0.25) is 0 Å². The Morgan fingerprint density at radius 2 is 2.38 bits per heavy atom. The molecule has 16 heavy (non-hydrogen) atoms. The van der Waals surface area contributed by atoms with Gasteiger partial charge in [-0.1, -0.05) is 6.92 Å². The summed E-state index contributed by atoms with van der Waals surface area (Å²) in [5, 5.41) is 2.96. The second-order valence-electron chi connectivity index (χ2n) is 4.26. The van der Waals surface area contributed by atoms with Crippen molar-refractivity contribution in [2.24, 2.45) is 5.92 Å². The van der Waals surface area contributed by atoms with E-state index in [1.165, 1.54) is 0 Å². The number of hydrogen-bond acceptors (Lipinski definition) is 3. The molecule has 1 aliphatic heterocycles. The Kier molecular flexibility index (Phi) is 2.81. The van der Waals surface area contributed by atoms with Gasteiger partial charge in [0.05, 0.1) is 11.6 Å². The Morgan fingerprint density at radius 1 is 1.62 bits per heavy atom. The zero-order chi connectivity index (χ0) is 11.7. The minimum atomic E-state index is -0.00597. The number of pyridine rings is 1. The number of amides is 1. The highest BCUT2D eigenvalue weighted by Crippen LogP contribution is 2.30. The maximum Gasteiger partial charge on any atom is 0.229 e. The van der Waals surface area contributed by atoms with Crippen LogP contribution in [0.3, 0.4) is 0 Å². The minimum Gasteiger partial charge on any atom is -0.354 e. The average Bonchev–Trinajstić information content (AvgIpc) is 2.39. The Hall–Kier alpha value is -1.58. The van der Waals surface area contributed by atoms with Crippen molar-refractivity contribution in [3.63, 3.8) is 0 Å². The van der Waals surface area contributed by atoms with E-state index in [4.69, 9.17) is 0 Å². The maximum atomic E-state index is 11.8. The summed E-state index contributed by atoms with van der Waals surface area (Å²) >= 11 is 0. The van der Waals surface area contributed by atoms with E-state index in [0.717, 1.165) is 30.2 Å². The number of carbonyl (C=O) groups is 1. The van der Waals surface area contributed by atoms with E-state index in [9.17, 15) is 4.79 Å². The summed E-state index contributed by atoms with van der Waals surface area (Å²) in [6, 6.07) is 1.92. The van der Waals surface area contributed by atoms with Crippen LogP contribution in [0.4, 0.5) is 11.5 Å². The van der Waals surface area contributed by atoms with Gasteiger partial charge in [0, 0.05) is 19.3 Å². The molecule has 1 amide bonds. The molecule has 2 heterocycles. The van der Waals surface area contributed by atoms with E-state index in [0.29, 0.717) is 0 Å². The van der Waals surface area contributed by atoms with Gasteiger partial charge in [0.25, 0.3) is 0 Å². The smallest absolute Gasteiger partial charge is 0.229 e. The molecule has 0 spiro atoms. The van der Waals surface area contributed by atoms with Crippen LogP contribution in [-0.2, 0) is 4.79 Å². The lowest BCUT2D eigenvalue weighted by Gasteiger charge is -2.22. The first-order valence-electron chi connectivity index (χ1n) is 5.65. The molecule has 0 saturated carbocycles. The number of nitrogens with zero attached hydrogens (tertiary/aromatic N) is 2. The van der Waals surface area contributed by atoms with Crippen molar-refractivity contribution >= 4 is 17.4 Å². The fourth-order valence-electron chi connectivity index (χ4n) is 1.96. The monoisotopic (exact) mass is 219 g/mol. The average molecular weight is 219 g/mol. The van der Waals surface area contributed by atoms with E-state index in [-0.39, 0.29) is 11.8 Å². The molecule has 0 fully saturated rings. The van der Waals surface area contributed by atoms with E-state index < -0.39 is 0 Å². The molecular weight excluding hydrogens is 202 g/mol. The zero-order valence-electron chi connectivity index (χ0n) is 9.95. The Morgan fingerprint density at radius 3 is 3.06 bits per heavy atom. The topological polar surface area (TPSA) is 45.2 Å². The van der Waals surface area contributed by atoms with E-state index >= 15 is 0 Å². The van der Waals surface area contributed by atoms with Gasteiger partial charge in [0.15, 0.2) is 5.82 Å². The number of carbonyl (C=O) groups excluding carboxylic acids is 1. The molecule has 0 aliphatic carbocycles. The first kappa shape index (κ1) is 10.9. The standard InChI is InChI=1S/C12H17N3O/c1-4-15-7-9(3)12(16)14-10-8(2)5-6-13-11(10)15/h5-6,9H,4,7H2,1-3H3,(H,14,16). The van der Waals surface area contributed by atoms with Crippen molar-refractivity contribution in [3.05, 3.63) is 17.8 Å². The fraction of sp³-hybridized carbons (Fsp3) is 0.500. The summed E-state index contributed by atoms with van der Waals surface area (Å²) in [6.07, 6.45) is 1.79. The van der Waals surface area contributed by atoms with Gasteiger partial charge in [-0.15, -0.1) is 0 Å². The van der Waals surface area contributed by atoms with Crippen molar-refractivity contribution in [1.82, 2.24) is 4.98 Å². The van der Waals surface area contributed by atoms with Gasteiger partial charge in [-0.05, 0) is 25.5 Å². The van der Waals surface area contributed by atoms with Crippen LogP contribution in [-0.4, -0.2) is 24.0 Å². The Bertz CT molecular complexity index is 417. The van der Waals surface area contributed by atoms with E-state index in [2.05, 4.69) is 22.1 Å². The van der Waals surface area contributed by atoms with Crippen LogP contribution in [0.25, 0.3) is 0 Å². The summed E-state index contributed by atoms with van der Waals surface area (Å²) < 4.78 is 0. The van der Waals surface area contributed by atoms with Crippen molar-refractivity contribution in [1.29, 1.82) is 0 Å². The molecule has 1 aromatic rings. The highest BCUT2D eigenvalue weighted by molar-refractivity contribution is 5.97. The van der Waals surface area contributed by atoms with Crippen LogP contribution in [0.1, 0.15) is 19.4 Å². The summed E-state index contributed by atoms with van der Waals surface area (Å²) in [5.74, 6) is 0.960. The number of aryl methyl sites for hydroxylation is 1. The molecule has 2 rings (SSSR count). The molecule has 1 aliphatic rings. The molecule has 0 radical (unpaired) electrons. The van der Waals surface area contributed by atoms with Crippen molar-refractivity contribution < 1.29 is 4.79 Å². The van der Waals surface area contributed by atoms with Gasteiger partial charge in [-0.2, -0.15) is 0 Å². The number of hydrogen-bond donors (Lipinski definition) is 1. The molecule has 1 aromatic heterocycles. The SMILES string of the molecule is CCN1CC(C)C(=O)Nc2c(C)ccnc21. The predicted molar refractivity (Wildman–Crippen MR) is 64.7 cm³/mol. The largest absolute Gasteiger partial charge is 0.354 e. The molecule has 0 saturated heterocycles. The molecule has 4 nitrogen and oxygen atoms in total. The number of anilines is 2. The molecule has 1 unspecified atom stereocenters. The Labute approximate surface area is 95.7 Å². The fourth-order valence-corrected chi connectivity index (χ4v) is 1.96. The van der Waals surface area contributed by atoms with Gasteiger partial charge >= 0.3 is 0 Å². The lowest BCUT2D eigenvalue weighted by atomic mass is 10.1. The number of nitrogens with one attached hydrogen (secondary N) is 1. The maximum absolute atomic E-state index is 11.8. The molecular formula is C12H17N3O. The van der Waals surface area contributed by atoms with Crippen LogP contribution in [0.15, 0.2) is 12.3 Å². The van der Waals surface area contributed by atoms with Gasteiger partial charge in [-0.3, -0.25) is 4.79 Å². The Balaban J connectivity index is 2.50. The molecule has 4 heteroatoms. The van der Waals surface area contributed by atoms with E-state index in [1.807, 2.05) is 19.9 Å². The first-order chi connectivity index (χ1) is 7.63. The predicted octanol–water partition coefficient (Wildman–Crippen LogP) is 1.80. The van der Waals surface area contributed by atoms with Crippen molar-refractivity contribution in [3.8, 4) is 0 Å². The van der Waals surface area contributed by atoms with Gasteiger partial charge in [0.2, 0.25) is 5.91 Å². The minimum absolute atomic E-state index is 0.00597. The lowest BCUT2D eigenvalue weighted by Crippen LogP contribution is -2.30.